The maximum atomic E-state index is 11.2. The summed E-state index contributed by atoms with van der Waals surface area (Å²) < 4.78 is 20.5. The zero-order chi connectivity index (χ0) is 13.4. The van der Waals surface area contributed by atoms with Crippen molar-refractivity contribution < 1.29 is 23.7 Å². The van der Waals surface area contributed by atoms with Crippen LogP contribution in [0.5, 0.6) is 17.2 Å². The van der Waals surface area contributed by atoms with Crippen molar-refractivity contribution in [2.45, 2.75) is 20.8 Å². The van der Waals surface area contributed by atoms with Crippen LogP contribution in [0.2, 0.25) is 0 Å². The van der Waals surface area contributed by atoms with Gasteiger partial charge in [-0.05, 0) is 32.9 Å². The van der Waals surface area contributed by atoms with Gasteiger partial charge in [0.2, 0.25) is 0 Å². The van der Waals surface area contributed by atoms with Crippen LogP contribution in [0, 0.1) is 0 Å². The van der Waals surface area contributed by atoms with Crippen molar-refractivity contribution in [3.63, 3.8) is 0 Å². The summed E-state index contributed by atoms with van der Waals surface area (Å²) in [6.07, 6.45) is -0.748. The summed E-state index contributed by atoms with van der Waals surface area (Å²) >= 11 is 0. The number of carbonyl (C=O) groups is 1. The monoisotopic (exact) mass is 254 g/mol. The molecule has 0 aliphatic rings. The summed E-state index contributed by atoms with van der Waals surface area (Å²) in [5.41, 5.74) is 0. The van der Waals surface area contributed by atoms with Gasteiger partial charge in [-0.3, -0.25) is 0 Å². The Hall–Kier alpha value is -1.91. The minimum atomic E-state index is -0.748. The van der Waals surface area contributed by atoms with Gasteiger partial charge in [-0.25, -0.2) is 4.79 Å². The molecule has 1 aromatic carbocycles. The van der Waals surface area contributed by atoms with Gasteiger partial charge in [0.05, 0.1) is 19.8 Å². The molecule has 0 radical (unpaired) electrons. The molecule has 1 rings (SSSR count). The van der Waals surface area contributed by atoms with Crippen LogP contribution >= 0.6 is 0 Å². The van der Waals surface area contributed by atoms with Gasteiger partial charge in [0.25, 0.3) is 0 Å². The Labute approximate surface area is 107 Å². The third kappa shape index (κ3) is 4.16. The fraction of sp³-hybridized carbons (Fsp3) is 0.462. The molecule has 0 saturated heterocycles. The van der Waals surface area contributed by atoms with Gasteiger partial charge >= 0.3 is 6.16 Å². The molecule has 5 nitrogen and oxygen atoms in total. The number of ether oxygens (including phenoxy) is 4. The minimum Gasteiger partial charge on any atom is -0.494 e. The Morgan fingerprint density at radius 2 is 1.72 bits per heavy atom. The van der Waals surface area contributed by atoms with Crippen LogP contribution in [0.15, 0.2) is 18.2 Å². The van der Waals surface area contributed by atoms with Gasteiger partial charge in [-0.2, -0.15) is 0 Å². The number of hydrogen-bond donors (Lipinski definition) is 0. The van der Waals surface area contributed by atoms with E-state index in [9.17, 15) is 4.79 Å². The predicted molar refractivity (Wildman–Crippen MR) is 66.4 cm³/mol. The first kappa shape index (κ1) is 14.2. The van der Waals surface area contributed by atoms with Crippen molar-refractivity contribution in [1.29, 1.82) is 0 Å². The highest BCUT2D eigenvalue weighted by Gasteiger charge is 2.12. The van der Waals surface area contributed by atoms with E-state index in [4.69, 9.17) is 18.9 Å². The molecule has 0 spiro atoms. The lowest BCUT2D eigenvalue weighted by atomic mass is 10.3. The predicted octanol–water partition coefficient (Wildman–Crippen LogP) is 3.02. The third-order valence-corrected chi connectivity index (χ3v) is 1.98. The van der Waals surface area contributed by atoms with Crippen LogP contribution in [0.25, 0.3) is 0 Å². The zero-order valence-corrected chi connectivity index (χ0v) is 10.9. The van der Waals surface area contributed by atoms with Crippen LogP contribution < -0.4 is 14.2 Å². The Balaban J connectivity index is 2.85. The van der Waals surface area contributed by atoms with Gasteiger partial charge in [-0.15, -0.1) is 0 Å². The number of carbonyl (C=O) groups excluding carboxylic acids is 1. The molecule has 0 aromatic heterocycles. The van der Waals surface area contributed by atoms with Gasteiger partial charge in [0.1, 0.15) is 5.75 Å². The van der Waals surface area contributed by atoms with E-state index in [1.165, 1.54) is 0 Å². The smallest absolute Gasteiger partial charge is 0.494 e. The molecule has 0 saturated carbocycles. The van der Waals surface area contributed by atoms with Crippen LogP contribution in [-0.2, 0) is 4.74 Å². The summed E-state index contributed by atoms with van der Waals surface area (Å²) in [6.45, 7) is 6.74. The molecule has 0 atom stereocenters. The van der Waals surface area contributed by atoms with Crippen molar-refractivity contribution in [1.82, 2.24) is 0 Å². The van der Waals surface area contributed by atoms with Crippen molar-refractivity contribution in [3.05, 3.63) is 18.2 Å². The molecule has 100 valence electrons. The first-order valence-corrected chi connectivity index (χ1v) is 5.95. The summed E-state index contributed by atoms with van der Waals surface area (Å²) in [7, 11) is 0. The zero-order valence-electron chi connectivity index (χ0n) is 10.9. The van der Waals surface area contributed by atoms with Gasteiger partial charge < -0.3 is 18.9 Å². The SMILES string of the molecule is CCOC(=O)Oc1ccc(OCC)cc1OCC. The number of hydrogen-bond acceptors (Lipinski definition) is 5. The van der Waals surface area contributed by atoms with E-state index >= 15 is 0 Å². The number of rotatable bonds is 6. The highest BCUT2D eigenvalue weighted by Crippen LogP contribution is 2.31. The average Bonchev–Trinajstić information content (AvgIpc) is 2.33. The second kappa shape index (κ2) is 7.42. The van der Waals surface area contributed by atoms with Gasteiger partial charge in [0, 0.05) is 6.07 Å². The Bertz CT molecular complexity index is 389. The lowest BCUT2D eigenvalue weighted by Crippen LogP contribution is -2.11. The van der Waals surface area contributed by atoms with Crippen molar-refractivity contribution in [2.75, 3.05) is 19.8 Å². The summed E-state index contributed by atoms with van der Waals surface area (Å²) in [6, 6.07) is 5.01. The molecule has 0 aliphatic heterocycles. The fourth-order valence-corrected chi connectivity index (χ4v) is 1.33. The molecule has 0 unspecified atom stereocenters. The van der Waals surface area contributed by atoms with E-state index in [0.717, 1.165) is 0 Å². The fourth-order valence-electron chi connectivity index (χ4n) is 1.33. The Kier molecular flexibility index (Phi) is 5.84. The molecule has 1 aromatic rings. The molecule has 0 fully saturated rings. The molecule has 0 N–H and O–H groups in total. The Morgan fingerprint density at radius 1 is 1.00 bits per heavy atom. The van der Waals surface area contributed by atoms with E-state index in [-0.39, 0.29) is 6.61 Å². The van der Waals surface area contributed by atoms with Crippen LogP contribution in [-0.4, -0.2) is 26.0 Å². The van der Waals surface area contributed by atoms with Crippen molar-refractivity contribution >= 4 is 6.16 Å². The van der Waals surface area contributed by atoms with E-state index < -0.39 is 6.16 Å². The molecule has 18 heavy (non-hydrogen) atoms. The molecular formula is C13H18O5. The standard InChI is InChI=1S/C13H18O5/c1-4-15-10-7-8-11(12(9-10)16-5-2)18-13(14)17-6-3/h7-9H,4-6H2,1-3H3. The lowest BCUT2D eigenvalue weighted by Gasteiger charge is -2.12. The normalized spacial score (nSPS) is 9.72. The van der Waals surface area contributed by atoms with Crippen molar-refractivity contribution in [3.8, 4) is 17.2 Å². The van der Waals surface area contributed by atoms with Crippen molar-refractivity contribution in [2.24, 2.45) is 0 Å². The second-order valence-corrected chi connectivity index (χ2v) is 3.26. The minimum absolute atomic E-state index is 0.264. The van der Waals surface area contributed by atoms with Gasteiger partial charge in [0.15, 0.2) is 11.5 Å². The summed E-state index contributed by atoms with van der Waals surface area (Å²) in [5.74, 6) is 1.44. The average molecular weight is 254 g/mol. The maximum absolute atomic E-state index is 11.2. The van der Waals surface area contributed by atoms with E-state index in [1.54, 1.807) is 25.1 Å². The van der Waals surface area contributed by atoms with E-state index in [2.05, 4.69) is 0 Å². The third-order valence-electron chi connectivity index (χ3n) is 1.98. The number of benzene rings is 1. The molecular weight excluding hydrogens is 236 g/mol. The first-order valence-electron chi connectivity index (χ1n) is 5.95. The maximum Gasteiger partial charge on any atom is 0.513 e. The molecule has 0 bridgehead atoms. The molecule has 0 heterocycles. The van der Waals surface area contributed by atoms with E-state index in [0.29, 0.717) is 30.5 Å². The quantitative estimate of drug-likeness (QED) is 0.577. The topological polar surface area (TPSA) is 54.0 Å². The highest BCUT2D eigenvalue weighted by atomic mass is 16.7. The second-order valence-electron chi connectivity index (χ2n) is 3.26. The Morgan fingerprint density at radius 3 is 2.33 bits per heavy atom. The summed E-state index contributed by atoms with van der Waals surface area (Å²) in [4.78, 5) is 11.2. The largest absolute Gasteiger partial charge is 0.513 e. The summed E-state index contributed by atoms with van der Waals surface area (Å²) in [5, 5.41) is 0. The lowest BCUT2D eigenvalue weighted by molar-refractivity contribution is 0.102. The van der Waals surface area contributed by atoms with E-state index in [1.807, 2.05) is 13.8 Å². The van der Waals surface area contributed by atoms with Crippen LogP contribution in [0.4, 0.5) is 4.79 Å². The van der Waals surface area contributed by atoms with Gasteiger partial charge in [-0.1, -0.05) is 0 Å². The highest BCUT2D eigenvalue weighted by molar-refractivity contribution is 5.65. The molecule has 0 amide bonds. The molecule has 5 heteroatoms. The molecule has 0 aliphatic carbocycles. The first-order chi connectivity index (χ1) is 8.71. The van der Waals surface area contributed by atoms with Crippen LogP contribution in [0.1, 0.15) is 20.8 Å². The van der Waals surface area contributed by atoms with Crippen LogP contribution in [0.3, 0.4) is 0 Å².